The molecule has 2 aromatic heterocycles. The molecule has 3 heterocycles. The Labute approximate surface area is 162 Å². The number of nitrogens with zero attached hydrogens (tertiary/aromatic N) is 2. The first-order valence-corrected chi connectivity index (χ1v) is 9.89. The average molecular weight is 401 g/mol. The molecule has 9 heteroatoms. The van der Waals surface area contributed by atoms with Crippen LogP contribution in [0.4, 0.5) is 0 Å². The molecule has 0 spiro atoms. The first-order valence-electron chi connectivity index (χ1n) is 8.45. The molecule has 0 unspecified atom stereocenters. The lowest BCUT2D eigenvalue weighted by molar-refractivity contribution is -0.116. The maximum Gasteiger partial charge on any atom is 0.243 e. The molecule has 2 N–H and O–H groups in total. The minimum absolute atomic E-state index is 0.181. The van der Waals surface area contributed by atoms with Gasteiger partial charge in [0.15, 0.2) is 0 Å². The van der Waals surface area contributed by atoms with Crippen molar-refractivity contribution in [1.82, 2.24) is 14.8 Å². The van der Waals surface area contributed by atoms with Crippen LogP contribution in [0.5, 0.6) is 0 Å². The summed E-state index contributed by atoms with van der Waals surface area (Å²) in [5.41, 5.74) is 4.31. The molecule has 28 heavy (non-hydrogen) atoms. The zero-order valence-electron chi connectivity index (χ0n) is 14.9. The molecule has 3 aromatic rings. The standard InChI is InChI=1S/C18H16N2O3S.CH3NO2/c21-24(22,20-11-7-16-8-12-23-18(16)13-20)17-3-1-14(2-4-17)15-5-9-19-10-6-15;3-1-2-4/h1-6,8-10,12H,7,11,13H2;1,4H,(H,2,3). The average Bonchev–Trinajstić information content (AvgIpc) is 3.22. The van der Waals surface area contributed by atoms with Crippen LogP contribution in [0.2, 0.25) is 0 Å². The number of hydroxylamine groups is 1. The van der Waals surface area contributed by atoms with E-state index in [0.29, 0.717) is 17.9 Å². The third-order valence-corrected chi connectivity index (χ3v) is 6.21. The Balaban J connectivity index is 0.000000516. The van der Waals surface area contributed by atoms with E-state index >= 15 is 0 Å². The van der Waals surface area contributed by atoms with Gasteiger partial charge in [-0.15, -0.1) is 0 Å². The summed E-state index contributed by atoms with van der Waals surface area (Å²) in [6.45, 7) is 0.762. The molecule has 0 radical (unpaired) electrons. The highest BCUT2D eigenvalue weighted by Crippen LogP contribution is 2.27. The number of sulfonamides is 1. The first-order chi connectivity index (χ1) is 13.6. The Morgan fingerprint density at radius 1 is 1.07 bits per heavy atom. The van der Waals surface area contributed by atoms with E-state index in [1.165, 1.54) is 9.79 Å². The topological polar surface area (TPSA) is 113 Å². The molecule has 146 valence electrons. The van der Waals surface area contributed by atoms with Crippen molar-refractivity contribution < 1.29 is 22.8 Å². The van der Waals surface area contributed by atoms with Gasteiger partial charge in [-0.1, -0.05) is 12.1 Å². The van der Waals surface area contributed by atoms with Crippen LogP contribution in [-0.4, -0.2) is 35.9 Å². The number of carbonyl (C=O) groups excluding carboxylic acids is 1. The van der Waals surface area contributed by atoms with Crippen LogP contribution < -0.4 is 5.48 Å². The number of hydrogen-bond donors (Lipinski definition) is 2. The van der Waals surface area contributed by atoms with Gasteiger partial charge in [0.1, 0.15) is 5.76 Å². The second-order valence-corrected chi connectivity index (χ2v) is 7.90. The lowest BCUT2D eigenvalue weighted by Gasteiger charge is -2.25. The van der Waals surface area contributed by atoms with E-state index in [-0.39, 0.29) is 13.0 Å². The van der Waals surface area contributed by atoms with E-state index in [4.69, 9.17) is 14.4 Å². The Bertz CT molecular complexity index is 1020. The second kappa shape index (κ2) is 8.79. The van der Waals surface area contributed by atoms with E-state index in [1.807, 2.05) is 30.3 Å². The molecule has 1 aliphatic heterocycles. The molecule has 0 bridgehead atoms. The molecular weight excluding hydrogens is 382 g/mol. The summed E-state index contributed by atoms with van der Waals surface area (Å²) < 4.78 is 32.5. The van der Waals surface area contributed by atoms with Crippen molar-refractivity contribution in [3.05, 3.63) is 72.4 Å². The van der Waals surface area contributed by atoms with Crippen LogP contribution in [0.3, 0.4) is 0 Å². The minimum atomic E-state index is -3.52. The Morgan fingerprint density at radius 3 is 2.36 bits per heavy atom. The highest BCUT2D eigenvalue weighted by molar-refractivity contribution is 7.89. The normalized spacial score (nSPS) is 13.8. The third-order valence-electron chi connectivity index (χ3n) is 4.35. The van der Waals surface area contributed by atoms with Crippen LogP contribution in [0.25, 0.3) is 11.1 Å². The summed E-state index contributed by atoms with van der Waals surface area (Å²) in [7, 11) is -3.52. The van der Waals surface area contributed by atoms with Gasteiger partial charge in [0.05, 0.1) is 17.7 Å². The highest BCUT2D eigenvalue weighted by Gasteiger charge is 2.29. The fourth-order valence-electron chi connectivity index (χ4n) is 2.93. The van der Waals surface area contributed by atoms with Crippen LogP contribution in [0, 0.1) is 0 Å². The SMILES string of the molecule is O=CNO.O=S(=O)(c1ccc(-c2ccncc2)cc1)N1CCc2ccoc2C1. The van der Waals surface area contributed by atoms with Crippen molar-refractivity contribution in [2.45, 2.75) is 17.9 Å². The quantitative estimate of drug-likeness (QED) is 0.394. The summed E-state index contributed by atoms with van der Waals surface area (Å²) in [4.78, 5) is 13.1. The number of carbonyl (C=O) groups is 1. The first kappa shape index (κ1) is 19.7. The minimum Gasteiger partial charge on any atom is -0.468 e. The number of benzene rings is 1. The lowest BCUT2D eigenvalue weighted by atomic mass is 10.1. The molecule has 1 aromatic carbocycles. The van der Waals surface area contributed by atoms with Gasteiger partial charge in [0.25, 0.3) is 0 Å². The van der Waals surface area contributed by atoms with Crippen molar-refractivity contribution in [1.29, 1.82) is 0 Å². The van der Waals surface area contributed by atoms with E-state index in [9.17, 15) is 8.42 Å². The number of nitrogens with one attached hydrogen (secondary N) is 1. The van der Waals surface area contributed by atoms with Crippen molar-refractivity contribution in [2.75, 3.05) is 6.54 Å². The maximum absolute atomic E-state index is 12.8. The molecular formula is C19H19N3O5S. The highest BCUT2D eigenvalue weighted by atomic mass is 32.2. The number of aromatic nitrogens is 1. The fraction of sp³-hybridized carbons (Fsp3) is 0.158. The largest absolute Gasteiger partial charge is 0.468 e. The summed E-state index contributed by atoms with van der Waals surface area (Å²) in [6, 6.07) is 12.7. The van der Waals surface area contributed by atoms with Crippen LogP contribution >= 0.6 is 0 Å². The molecule has 4 rings (SSSR count). The number of pyridine rings is 1. The van der Waals surface area contributed by atoms with E-state index in [1.54, 1.807) is 30.8 Å². The number of furan rings is 1. The fourth-order valence-corrected chi connectivity index (χ4v) is 4.33. The maximum atomic E-state index is 12.8. The summed E-state index contributed by atoms with van der Waals surface area (Å²) >= 11 is 0. The van der Waals surface area contributed by atoms with Gasteiger partial charge in [-0.2, -0.15) is 4.31 Å². The van der Waals surface area contributed by atoms with Gasteiger partial charge in [-0.05, 0) is 53.4 Å². The molecule has 0 aliphatic carbocycles. The van der Waals surface area contributed by atoms with Gasteiger partial charge in [-0.25, -0.2) is 13.9 Å². The summed E-state index contributed by atoms with van der Waals surface area (Å²) in [5.74, 6) is 0.734. The molecule has 8 nitrogen and oxygen atoms in total. The van der Waals surface area contributed by atoms with Gasteiger partial charge < -0.3 is 4.42 Å². The molecule has 1 aliphatic rings. The van der Waals surface area contributed by atoms with E-state index < -0.39 is 10.0 Å². The molecule has 0 fully saturated rings. The van der Waals surface area contributed by atoms with E-state index in [0.717, 1.165) is 22.5 Å². The second-order valence-electron chi connectivity index (χ2n) is 5.96. The number of rotatable bonds is 4. The van der Waals surface area contributed by atoms with E-state index in [2.05, 4.69) is 4.98 Å². The van der Waals surface area contributed by atoms with Crippen molar-refractivity contribution in [3.63, 3.8) is 0 Å². The zero-order chi connectivity index (χ0) is 20.0. The zero-order valence-corrected chi connectivity index (χ0v) is 15.7. The Morgan fingerprint density at radius 2 is 1.71 bits per heavy atom. The van der Waals surface area contributed by atoms with Crippen LogP contribution in [0.1, 0.15) is 11.3 Å². The molecule has 0 saturated carbocycles. The van der Waals surface area contributed by atoms with Gasteiger partial charge in [0.2, 0.25) is 16.4 Å². The predicted molar refractivity (Wildman–Crippen MR) is 101 cm³/mol. The number of hydrogen-bond acceptors (Lipinski definition) is 6. The molecule has 1 amide bonds. The lowest BCUT2D eigenvalue weighted by Crippen LogP contribution is -2.35. The third kappa shape index (κ3) is 4.28. The van der Waals surface area contributed by atoms with Crippen molar-refractivity contribution in [3.8, 4) is 11.1 Å². The van der Waals surface area contributed by atoms with Gasteiger partial charge in [-0.3, -0.25) is 15.0 Å². The van der Waals surface area contributed by atoms with Gasteiger partial charge >= 0.3 is 0 Å². The molecule has 0 atom stereocenters. The van der Waals surface area contributed by atoms with Crippen molar-refractivity contribution >= 4 is 16.4 Å². The van der Waals surface area contributed by atoms with Crippen LogP contribution in [-0.2, 0) is 27.8 Å². The number of amides is 1. The Kier molecular flexibility index (Phi) is 6.19. The smallest absolute Gasteiger partial charge is 0.243 e. The predicted octanol–water partition coefficient (Wildman–Crippen LogP) is 2.21. The van der Waals surface area contributed by atoms with Crippen molar-refractivity contribution in [2.24, 2.45) is 0 Å². The number of fused-ring (bicyclic) bond motifs is 1. The summed E-state index contributed by atoms with van der Waals surface area (Å²) in [5, 5.41) is 7.26. The summed E-state index contributed by atoms with van der Waals surface area (Å²) in [6.07, 6.45) is 5.91. The monoisotopic (exact) mass is 401 g/mol. The molecule has 0 saturated heterocycles. The van der Waals surface area contributed by atoms with Crippen LogP contribution in [0.15, 0.2) is 70.4 Å². The Hall–Kier alpha value is -3.01. The van der Waals surface area contributed by atoms with Gasteiger partial charge in [0, 0.05) is 18.9 Å².